The van der Waals surface area contributed by atoms with Gasteiger partial charge in [0.1, 0.15) is 0 Å². The Bertz CT molecular complexity index is 482. The lowest BCUT2D eigenvalue weighted by atomic mass is 9.94. The van der Waals surface area contributed by atoms with Gasteiger partial charge in [-0.25, -0.2) is 5.43 Å². The Hall–Kier alpha value is -2.17. The van der Waals surface area contributed by atoms with E-state index in [1.165, 1.54) is 0 Å². The lowest BCUT2D eigenvalue weighted by Gasteiger charge is -2.19. The molecule has 2 amide bonds. The van der Waals surface area contributed by atoms with Crippen molar-refractivity contribution in [2.45, 2.75) is 13.3 Å². The maximum absolute atomic E-state index is 11.1. The maximum Gasteiger partial charge on any atom is 0.240 e. The number of carbonyl (C=O) groups is 2. The van der Waals surface area contributed by atoms with Gasteiger partial charge in [-0.1, -0.05) is 19.1 Å². The molecular formula is C12H13N3O2. The number of hydrogen-bond acceptors (Lipinski definition) is 3. The normalized spacial score (nSPS) is 19.2. The van der Waals surface area contributed by atoms with E-state index in [1.807, 2.05) is 25.1 Å². The number of rotatable bonds is 3. The number of nitrogens with one attached hydrogen (secondary N) is 2. The third kappa shape index (κ3) is 2.50. The monoisotopic (exact) mass is 231 g/mol. The zero-order chi connectivity index (χ0) is 12.3. The summed E-state index contributed by atoms with van der Waals surface area (Å²) in [5.74, 6) is 0.0126. The summed E-state index contributed by atoms with van der Waals surface area (Å²) in [7, 11) is 0. The highest BCUT2D eigenvalue weighted by molar-refractivity contribution is 6.06. The summed E-state index contributed by atoms with van der Waals surface area (Å²) in [6, 6.07) is 7.38. The summed E-state index contributed by atoms with van der Waals surface area (Å²) < 4.78 is 0. The van der Waals surface area contributed by atoms with Crippen LogP contribution < -0.4 is 10.7 Å². The van der Waals surface area contributed by atoms with Crippen LogP contribution in [0.1, 0.15) is 18.9 Å². The largest absolute Gasteiger partial charge is 0.329 e. The second kappa shape index (κ2) is 4.78. The molecule has 0 saturated heterocycles. The number of benzene rings is 1. The first-order valence-electron chi connectivity index (χ1n) is 5.37. The molecule has 2 rings (SSSR count). The molecule has 1 aliphatic heterocycles. The van der Waals surface area contributed by atoms with Gasteiger partial charge < -0.3 is 5.32 Å². The van der Waals surface area contributed by atoms with E-state index in [1.54, 1.807) is 6.07 Å². The summed E-state index contributed by atoms with van der Waals surface area (Å²) >= 11 is 0. The quantitative estimate of drug-likeness (QED) is 0.765. The van der Waals surface area contributed by atoms with Crippen LogP contribution in [-0.4, -0.2) is 18.0 Å². The van der Waals surface area contributed by atoms with Crippen LogP contribution in [0.15, 0.2) is 29.4 Å². The van der Waals surface area contributed by atoms with E-state index < -0.39 is 0 Å². The highest BCUT2D eigenvalue weighted by atomic mass is 16.2. The van der Waals surface area contributed by atoms with Crippen molar-refractivity contribution in [1.29, 1.82) is 0 Å². The summed E-state index contributed by atoms with van der Waals surface area (Å²) in [6.45, 7) is 1.96. The molecule has 0 spiro atoms. The highest BCUT2D eigenvalue weighted by Gasteiger charge is 2.21. The fraction of sp³-hybridized carbons (Fsp3) is 0.250. The predicted molar refractivity (Wildman–Crippen MR) is 64.6 cm³/mol. The second-order valence-corrected chi connectivity index (χ2v) is 3.98. The summed E-state index contributed by atoms with van der Waals surface area (Å²) in [4.78, 5) is 21.5. The van der Waals surface area contributed by atoms with E-state index in [-0.39, 0.29) is 11.8 Å². The Kier molecular flexibility index (Phi) is 3.18. The minimum absolute atomic E-state index is 0.0663. The van der Waals surface area contributed by atoms with Gasteiger partial charge >= 0.3 is 0 Å². The molecule has 1 unspecified atom stereocenters. The Balaban J connectivity index is 2.30. The average molecular weight is 231 g/mol. The molecule has 0 bridgehead atoms. The number of anilines is 1. The minimum Gasteiger partial charge on any atom is -0.329 e. The number of carbonyl (C=O) groups excluding carboxylic acids is 2. The van der Waals surface area contributed by atoms with Gasteiger partial charge in [0.15, 0.2) is 0 Å². The van der Waals surface area contributed by atoms with E-state index >= 15 is 0 Å². The van der Waals surface area contributed by atoms with Crippen molar-refractivity contribution in [3.63, 3.8) is 0 Å². The van der Waals surface area contributed by atoms with Gasteiger partial charge in [-0.2, -0.15) is 5.10 Å². The van der Waals surface area contributed by atoms with Gasteiger partial charge in [0.25, 0.3) is 0 Å². The van der Waals surface area contributed by atoms with Crippen LogP contribution in [0.5, 0.6) is 0 Å². The molecule has 1 atom stereocenters. The van der Waals surface area contributed by atoms with Crippen LogP contribution in [0.2, 0.25) is 0 Å². The lowest BCUT2D eigenvalue weighted by molar-refractivity contribution is -0.121. The zero-order valence-electron chi connectivity index (χ0n) is 9.43. The van der Waals surface area contributed by atoms with Crippen molar-refractivity contribution < 1.29 is 9.59 Å². The molecule has 1 heterocycles. The molecule has 0 radical (unpaired) electrons. The Morgan fingerprint density at radius 1 is 1.53 bits per heavy atom. The molecule has 5 nitrogen and oxygen atoms in total. The topological polar surface area (TPSA) is 70.6 Å². The first-order chi connectivity index (χ1) is 8.20. The smallest absolute Gasteiger partial charge is 0.240 e. The molecule has 0 fully saturated rings. The molecule has 17 heavy (non-hydrogen) atoms. The molecule has 1 aliphatic rings. The lowest BCUT2D eigenvalue weighted by Crippen LogP contribution is -2.31. The van der Waals surface area contributed by atoms with Crippen LogP contribution >= 0.6 is 0 Å². The standard InChI is InChI=1S/C12H13N3O2/c1-8-5-11(17)14-15-12(8)9-3-2-4-10(6-9)13-7-16/h2-4,6-8H,5H2,1H3,(H,13,16)(H,14,17). The maximum atomic E-state index is 11.1. The highest BCUT2D eigenvalue weighted by Crippen LogP contribution is 2.18. The minimum atomic E-state index is -0.0663. The Morgan fingerprint density at radius 3 is 3.06 bits per heavy atom. The van der Waals surface area contributed by atoms with Crippen LogP contribution in [0, 0.1) is 5.92 Å². The number of hydrogen-bond donors (Lipinski definition) is 2. The zero-order valence-corrected chi connectivity index (χ0v) is 9.43. The number of nitrogens with zero attached hydrogens (tertiary/aromatic N) is 1. The van der Waals surface area contributed by atoms with E-state index in [0.29, 0.717) is 18.5 Å². The molecule has 0 saturated carbocycles. The van der Waals surface area contributed by atoms with Crippen molar-refractivity contribution in [3.8, 4) is 0 Å². The fourth-order valence-corrected chi connectivity index (χ4v) is 1.84. The van der Waals surface area contributed by atoms with Crippen LogP contribution in [0.25, 0.3) is 0 Å². The van der Waals surface area contributed by atoms with Gasteiger partial charge in [0.05, 0.1) is 5.71 Å². The first kappa shape index (κ1) is 11.3. The van der Waals surface area contributed by atoms with E-state index in [0.717, 1.165) is 11.3 Å². The molecule has 0 aliphatic carbocycles. The second-order valence-electron chi connectivity index (χ2n) is 3.98. The van der Waals surface area contributed by atoms with E-state index in [2.05, 4.69) is 15.8 Å². The van der Waals surface area contributed by atoms with Crippen molar-refractivity contribution in [2.24, 2.45) is 11.0 Å². The molecule has 1 aromatic rings. The van der Waals surface area contributed by atoms with Gasteiger partial charge in [-0.3, -0.25) is 9.59 Å². The summed E-state index contributed by atoms with van der Waals surface area (Å²) in [5.41, 5.74) is 4.92. The van der Waals surface area contributed by atoms with Gasteiger partial charge in [0, 0.05) is 23.6 Å². The third-order valence-corrected chi connectivity index (χ3v) is 2.64. The van der Waals surface area contributed by atoms with Crippen LogP contribution in [0.4, 0.5) is 5.69 Å². The molecule has 88 valence electrons. The summed E-state index contributed by atoms with van der Waals surface area (Å²) in [5, 5.41) is 6.65. The Morgan fingerprint density at radius 2 is 2.35 bits per heavy atom. The third-order valence-electron chi connectivity index (χ3n) is 2.64. The molecule has 2 N–H and O–H groups in total. The van der Waals surface area contributed by atoms with E-state index in [4.69, 9.17) is 0 Å². The van der Waals surface area contributed by atoms with Crippen LogP contribution in [0.3, 0.4) is 0 Å². The average Bonchev–Trinajstić information content (AvgIpc) is 2.29. The van der Waals surface area contributed by atoms with E-state index in [9.17, 15) is 9.59 Å². The summed E-state index contributed by atoms with van der Waals surface area (Å²) in [6.07, 6.45) is 1.07. The van der Waals surface area contributed by atoms with Crippen molar-refractivity contribution >= 4 is 23.7 Å². The Labute approximate surface area is 98.9 Å². The SMILES string of the molecule is CC1CC(=O)NN=C1c1cccc(NC=O)c1. The number of amides is 2. The predicted octanol–water partition coefficient (Wildman–Crippen LogP) is 1.11. The molecular weight excluding hydrogens is 218 g/mol. The first-order valence-corrected chi connectivity index (χ1v) is 5.37. The molecule has 5 heteroatoms. The molecule has 1 aromatic carbocycles. The van der Waals surface area contributed by atoms with Crippen LogP contribution in [-0.2, 0) is 9.59 Å². The van der Waals surface area contributed by atoms with Crippen molar-refractivity contribution in [1.82, 2.24) is 5.43 Å². The van der Waals surface area contributed by atoms with Gasteiger partial charge in [-0.05, 0) is 12.1 Å². The molecule has 0 aromatic heterocycles. The van der Waals surface area contributed by atoms with Gasteiger partial charge in [-0.15, -0.1) is 0 Å². The number of hydrazone groups is 1. The van der Waals surface area contributed by atoms with Gasteiger partial charge in [0.2, 0.25) is 12.3 Å². The fourth-order valence-electron chi connectivity index (χ4n) is 1.84. The van der Waals surface area contributed by atoms with Crippen molar-refractivity contribution in [2.75, 3.05) is 5.32 Å². The van der Waals surface area contributed by atoms with Crippen molar-refractivity contribution in [3.05, 3.63) is 29.8 Å².